The van der Waals surface area contributed by atoms with Gasteiger partial charge in [0.1, 0.15) is 11.9 Å². The van der Waals surface area contributed by atoms with E-state index < -0.39 is 0 Å². The summed E-state index contributed by atoms with van der Waals surface area (Å²) >= 11 is 0. The van der Waals surface area contributed by atoms with Crippen molar-refractivity contribution < 1.29 is 9.53 Å². The zero-order chi connectivity index (χ0) is 11.5. The number of anilines is 1. The molecule has 0 spiro atoms. The van der Waals surface area contributed by atoms with Gasteiger partial charge in [0.25, 0.3) is 0 Å². The van der Waals surface area contributed by atoms with Crippen molar-refractivity contribution in [3.05, 3.63) is 24.3 Å². The molecule has 4 nitrogen and oxygen atoms in total. The lowest BCUT2D eigenvalue weighted by Gasteiger charge is -2.33. The lowest BCUT2D eigenvalue weighted by molar-refractivity contribution is -0.118. The Kier molecular flexibility index (Phi) is 4.78. The van der Waals surface area contributed by atoms with E-state index in [1.165, 1.54) is 0 Å². The van der Waals surface area contributed by atoms with Gasteiger partial charge in [0, 0.05) is 0 Å². The number of carbonyl (C=O) groups is 1. The Morgan fingerprint density at radius 3 is 2.94 bits per heavy atom. The smallest absolute Gasteiger partial charge is 0.241 e. The van der Waals surface area contributed by atoms with Crippen LogP contribution in [0.4, 0.5) is 5.69 Å². The normalized spacial score (nSPS) is 17.8. The summed E-state index contributed by atoms with van der Waals surface area (Å²) in [7, 11) is 1.77. The van der Waals surface area contributed by atoms with Crippen molar-refractivity contribution in [3.8, 4) is 5.75 Å². The minimum absolute atomic E-state index is 0. The first-order chi connectivity index (χ1) is 7.72. The Bertz CT molecular complexity index is 398. The molecule has 0 saturated heterocycles. The largest absolute Gasteiger partial charge is 0.487 e. The summed E-state index contributed by atoms with van der Waals surface area (Å²) in [5, 5.41) is 2.88. The van der Waals surface area contributed by atoms with E-state index in [1.54, 1.807) is 11.9 Å². The summed E-state index contributed by atoms with van der Waals surface area (Å²) in [5.74, 6) is 0.857. The lowest BCUT2D eigenvalue weighted by atomic mass is 10.2. The molecular weight excluding hydrogens is 240 g/mol. The highest BCUT2D eigenvalue weighted by molar-refractivity contribution is 5.96. The minimum Gasteiger partial charge on any atom is -0.487 e. The van der Waals surface area contributed by atoms with Crippen molar-refractivity contribution in [3.63, 3.8) is 0 Å². The van der Waals surface area contributed by atoms with E-state index in [9.17, 15) is 4.79 Å². The maximum atomic E-state index is 11.9. The molecule has 0 fully saturated rings. The molecule has 1 atom stereocenters. The number of fused-ring (bicyclic) bond motifs is 1. The summed E-state index contributed by atoms with van der Waals surface area (Å²) in [5.41, 5.74) is 0.862. The zero-order valence-electron chi connectivity index (χ0n) is 9.97. The first-order valence-corrected chi connectivity index (χ1v) is 5.43. The molecule has 2 rings (SSSR count). The van der Waals surface area contributed by atoms with Gasteiger partial charge in [0.15, 0.2) is 0 Å². The fourth-order valence-electron chi connectivity index (χ4n) is 1.87. The predicted molar refractivity (Wildman–Crippen MR) is 70.1 cm³/mol. The average Bonchev–Trinajstić information content (AvgIpc) is 2.28. The first-order valence-electron chi connectivity index (χ1n) is 5.43. The van der Waals surface area contributed by atoms with Crippen LogP contribution in [0.5, 0.6) is 5.75 Å². The van der Waals surface area contributed by atoms with Gasteiger partial charge >= 0.3 is 0 Å². The number of amides is 1. The van der Waals surface area contributed by atoms with E-state index in [4.69, 9.17) is 4.74 Å². The molecule has 1 unspecified atom stereocenters. The van der Waals surface area contributed by atoms with Crippen LogP contribution in [0.2, 0.25) is 0 Å². The van der Waals surface area contributed by atoms with Crippen LogP contribution in [0.25, 0.3) is 0 Å². The SMILES string of the molecule is CNCC(=O)N1CC(C)Oc2ccccc21.Cl. The Morgan fingerprint density at radius 2 is 2.24 bits per heavy atom. The molecule has 1 amide bonds. The third-order valence-corrected chi connectivity index (χ3v) is 2.55. The van der Waals surface area contributed by atoms with Gasteiger partial charge in [-0.2, -0.15) is 0 Å². The van der Waals surface area contributed by atoms with Crippen LogP contribution >= 0.6 is 12.4 Å². The number of nitrogens with one attached hydrogen (secondary N) is 1. The van der Waals surface area contributed by atoms with Gasteiger partial charge in [-0.3, -0.25) is 4.79 Å². The van der Waals surface area contributed by atoms with Gasteiger partial charge < -0.3 is 15.0 Å². The van der Waals surface area contributed by atoms with Gasteiger partial charge in [-0.25, -0.2) is 0 Å². The van der Waals surface area contributed by atoms with Gasteiger partial charge in [-0.15, -0.1) is 12.4 Å². The third-order valence-electron chi connectivity index (χ3n) is 2.55. The molecule has 1 aliphatic rings. The minimum atomic E-state index is 0. The maximum absolute atomic E-state index is 11.9. The second-order valence-corrected chi connectivity index (χ2v) is 3.93. The highest BCUT2D eigenvalue weighted by atomic mass is 35.5. The van der Waals surface area contributed by atoms with Crippen LogP contribution in [0, 0.1) is 0 Å². The Hall–Kier alpha value is -1.26. The molecule has 0 aromatic heterocycles. The standard InChI is InChI=1S/C12H16N2O2.ClH/c1-9-8-14(12(15)7-13-2)10-5-3-4-6-11(10)16-9;/h3-6,9,13H,7-8H2,1-2H3;1H. The number of halogens is 1. The van der Waals surface area contributed by atoms with E-state index in [2.05, 4.69) is 5.32 Å². The van der Waals surface area contributed by atoms with Gasteiger partial charge in [0.2, 0.25) is 5.91 Å². The average molecular weight is 257 g/mol. The number of ether oxygens (including phenoxy) is 1. The Morgan fingerprint density at radius 1 is 1.53 bits per heavy atom. The van der Waals surface area contributed by atoms with E-state index in [0.29, 0.717) is 13.1 Å². The van der Waals surface area contributed by atoms with Crippen molar-refractivity contribution in [1.29, 1.82) is 0 Å². The van der Waals surface area contributed by atoms with Crippen LogP contribution in [-0.2, 0) is 4.79 Å². The predicted octanol–water partition coefficient (Wildman–Crippen LogP) is 1.44. The van der Waals surface area contributed by atoms with E-state index in [1.807, 2.05) is 31.2 Å². The molecule has 1 aromatic rings. The van der Waals surface area contributed by atoms with Gasteiger partial charge in [-0.1, -0.05) is 12.1 Å². The Labute approximate surface area is 107 Å². The van der Waals surface area contributed by atoms with Gasteiger partial charge in [-0.05, 0) is 26.1 Å². The van der Waals surface area contributed by atoms with Crippen molar-refractivity contribution >= 4 is 24.0 Å². The molecule has 0 bridgehead atoms. The molecule has 0 aliphatic carbocycles. The van der Waals surface area contributed by atoms with Crippen LogP contribution in [0.3, 0.4) is 0 Å². The first kappa shape index (κ1) is 13.8. The number of likely N-dealkylation sites (N-methyl/N-ethyl adjacent to an activating group) is 1. The highest BCUT2D eigenvalue weighted by Crippen LogP contribution is 2.32. The number of benzene rings is 1. The van der Waals surface area contributed by atoms with Crippen LogP contribution < -0.4 is 15.0 Å². The molecule has 1 N–H and O–H groups in total. The summed E-state index contributed by atoms with van der Waals surface area (Å²) in [6, 6.07) is 7.63. The monoisotopic (exact) mass is 256 g/mol. The molecule has 17 heavy (non-hydrogen) atoms. The fraction of sp³-hybridized carbons (Fsp3) is 0.417. The number of nitrogens with zero attached hydrogens (tertiary/aromatic N) is 1. The number of hydrogen-bond acceptors (Lipinski definition) is 3. The summed E-state index contributed by atoms with van der Waals surface area (Å²) in [4.78, 5) is 13.7. The second-order valence-electron chi connectivity index (χ2n) is 3.93. The second kappa shape index (κ2) is 5.89. The molecule has 1 heterocycles. The number of carbonyl (C=O) groups excluding carboxylic acids is 1. The molecule has 1 aliphatic heterocycles. The van der Waals surface area contributed by atoms with Crippen LogP contribution in [0.1, 0.15) is 6.92 Å². The van der Waals surface area contributed by atoms with Crippen molar-refractivity contribution in [1.82, 2.24) is 5.32 Å². The van der Waals surface area contributed by atoms with Crippen LogP contribution in [0.15, 0.2) is 24.3 Å². The molecule has 1 aromatic carbocycles. The topological polar surface area (TPSA) is 41.6 Å². The van der Waals surface area contributed by atoms with E-state index in [0.717, 1.165) is 11.4 Å². The summed E-state index contributed by atoms with van der Waals surface area (Å²) < 4.78 is 5.68. The molecular formula is C12H17ClN2O2. The molecule has 0 radical (unpaired) electrons. The molecule has 5 heteroatoms. The highest BCUT2D eigenvalue weighted by Gasteiger charge is 2.26. The molecule has 94 valence electrons. The zero-order valence-corrected chi connectivity index (χ0v) is 10.8. The van der Waals surface area contributed by atoms with E-state index >= 15 is 0 Å². The Balaban J connectivity index is 0.00000144. The van der Waals surface area contributed by atoms with Crippen molar-refractivity contribution in [2.75, 3.05) is 25.0 Å². The van der Waals surface area contributed by atoms with E-state index in [-0.39, 0.29) is 24.4 Å². The number of para-hydroxylation sites is 2. The quantitative estimate of drug-likeness (QED) is 0.871. The molecule has 0 saturated carbocycles. The number of hydrogen-bond donors (Lipinski definition) is 1. The number of rotatable bonds is 2. The fourth-order valence-corrected chi connectivity index (χ4v) is 1.87. The van der Waals surface area contributed by atoms with Gasteiger partial charge in [0.05, 0.1) is 18.8 Å². The lowest BCUT2D eigenvalue weighted by Crippen LogP contribution is -2.45. The summed E-state index contributed by atoms with van der Waals surface area (Å²) in [6.45, 7) is 2.92. The van der Waals surface area contributed by atoms with Crippen molar-refractivity contribution in [2.45, 2.75) is 13.0 Å². The van der Waals surface area contributed by atoms with Crippen molar-refractivity contribution in [2.24, 2.45) is 0 Å². The van der Waals surface area contributed by atoms with Crippen LogP contribution in [-0.4, -0.2) is 32.1 Å². The maximum Gasteiger partial charge on any atom is 0.241 e. The summed E-state index contributed by atoms with van der Waals surface area (Å²) in [6.07, 6.45) is 0.0377. The third kappa shape index (κ3) is 2.90.